The van der Waals surface area contributed by atoms with Crippen LogP contribution in [0.5, 0.6) is 0 Å². The number of pyridine rings is 1. The Morgan fingerprint density at radius 3 is 2.57 bits per heavy atom. The zero-order chi connectivity index (χ0) is 14.8. The summed E-state index contributed by atoms with van der Waals surface area (Å²) in [4.78, 5) is 30.0. The number of amides is 3. The summed E-state index contributed by atoms with van der Waals surface area (Å²) >= 11 is 0. The molecule has 4 rings (SSSR count). The Kier molecular flexibility index (Phi) is 2.24. The molecule has 1 aromatic carbocycles. The maximum Gasteiger partial charge on any atom is 0.324 e. The van der Waals surface area contributed by atoms with E-state index in [1.165, 1.54) is 0 Å². The Morgan fingerprint density at radius 1 is 1.19 bits per heavy atom. The van der Waals surface area contributed by atoms with E-state index in [2.05, 4.69) is 22.4 Å². The number of nitrogens with zero attached hydrogens (tertiary/aromatic N) is 2. The zero-order valence-corrected chi connectivity index (χ0v) is 11.9. The molecule has 1 saturated heterocycles. The lowest BCUT2D eigenvalue weighted by molar-refractivity contribution is -0.125. The summed E-state index contributed by atoms with van der Waals surface area (Å²) in [5.74, 6) is -0.195. The van der Waals surface area contributed by atoms with Crippen LogP contribution in [0.1, 0.15) is 16.7 Å². The molecule has 2 aromatic rings. The largest absolute Gasteiger partial charge is 0.324 e. The standard InChI is InChI=1S/C16H15N3O2/c1-9-3-10-4-11-6-16(14(20)18-15(21)19(16)2)7-12(11)5-13(10)17-8-9/h3-5,8H,6-7H2,1-2H3,(H,18,20,21)/t16-/m1/s1. The van der Waals surface area contributed by atoms with Crippen molar-refractivity contribution in [2.45, 2.75) is 25.3 Å². The molecule has 2 heterocycles. The highest BCUT2D eigenvalue weighted by atomic mass is 16.2. The first-order chi connectivity index (χ1) is 9.99. The summed E-state index contributed by atoms with van der Waals surface area (Å²) in [7, 11) is 1.69. The number of hydrogen-bond donors (Lipinski definition) is 1. The Balaban J connectivity index is 1.85. The van der Waals surface area contributed by atoms with Gasteiger partial charge < -0.3 is 4.90 Å². The summed E-state index contributed by atoms with van der Waals surface area (Å²) in [6, 6.07) is 5.93. The average molecular weight is 281 g/mol. The van der Waals surface area contributed by atoms with E-state index < -0.39 is 5.54 Å². The van der Waals surface area contributed by atoms with E-state index in [-0.39, 0.29) is 11.9 Å². The fraction of sp³-hybridized carbons (Fsp3) is 0.312. The van der Waals surface area contributed by atoms with E-state index in [1.807, 2.05) is 19.2 Å². The van der Waals surface area contributed by atoms with Gasteiger partial charge in [0.15, 0.2) is 0 Å². The van der Waals surface area contributed by atoms with Crippen molar-refractivity contribution in [1.29, 1.82) is 0 Å². The summed E-state index contributed by atoms with van der Waals surface area (Å²) < 4.78 is 0. The lowest BCUT2D eigenvalue weighted by Crippen LogP contribution is -2.48. The van der Waals surface area contributed by atoms with Gasteiger partial charge in [-0.15, -0.1) is 0 Å². The van der Waals surface area contributed by atoms with Crippen LogP contribution < -0.4 is 5.32 Å². The fourth-order valence-electron chi connectivity index (χ4n) is 3.44. The molecule has 5 heteroatoms. The van der Waals surface area contributed by atoms with E-state index in [4.69, 9.17) is 0 Å². The maximum atomic E-state index is 12.2. The predicted octanol–water partition coefficient (Wildman–Crippen LogP) is 1.56. The molecule has 106 valence electrons. The van der Waals surface area contributed by atoms with Gasteiger partial charge in [-0.05, 0) is 41.8 Å². The van der Waals surface area contributed by atoms with Crippen LogP contribution in [0.3, 0.4) is 0 Å². The first-order valence-corrected chi connectivity index (χ1v) is 6.97. The molecular formula is C16H15N3O2. The molecule has 1 N–H and O–H groups in total. The van der Waals surface area contributed by atoms with Crippen LogP contribution in [0.25, 0.3) is 10.9 Å². The predicted molar refractivity (Wildman–Crippen MR) is 77.9 cm³/mol. The van der Waals surface area contributed by atoms with Gasteiger partial charge in [-0.25, -0.2) is 4.79 Å². The number of urea groups is 1. The van der Waals surface area contributed by atoms with Crippen LogP contribution in [0, 0.1) is 6.92 Å². The van der Waals surface area contributed by atoms with Crippen LogP contribution in [0.15, 0.2) is 24.4 Å². The first-order valence-electron chi connectivity index (χ1n) is 6.97. The van der Waals surface area contributed by atoms with Crippen molar-refractivity contribution in [2.24, 2.45) is 0 Å². The van der Waals surface area contributed by atoms with E-state index in [0.717, 1.165) is 27.6 Å². The molecule has 1 aliphatic heterocycles. The SMILES string of the molecule is Cc1cnc2cc3c(cc2c1)C[C@@]1(C3)C(=O)NC(=O)N1C. The Bertz CT molecular complexity index is 815. The monoisotopic (exact) mass is 281 g/mol. The average Bonchev–Trinajstić information content (AvgIpc) is 2.91. The summed E-state index contributed by atoms with van der Waals surface area (Å²) in [6.45, 7) is 2.01. The highest BCUT2D eigenvalue weighted by Crippen LogP contribution is 2.38. The second kappa shape index (κ2) is 3.81. The Hall–Kier alpha value is -2.43. The van der Waals surface area contributed by atoms with E-state index >= 15 is 0 Å². The lowest BCUT2D eigenvalue weighted by Gasteiger charge is -2.27. The molecule has 0 radical (unpaired) electrons. The lowest BCUT2D eigenvalue weighted by atomic mass is 9.95. The van der Waals surface area contributed by atoms with Crippen LogP contribution in [0.2, 0.25) is 0 Å². The molecule has 1 aliphatic carbocycles. The summed E-state index contributed by atoms with van der Waals surface area (Å²) in [6.07, 6.45) is 2.97. The third-order valence-electron chi connectivity index (χ3n) is 4.69. The zero-order valence-electron chi connectivity index (χ0n) is 11.9. The molecule has 2 aliphatic rings. The van der Waals surface area contributed by atoms with Gasteiger partial charge in [-0.2, -0.15) is 0 Å². The van der Waals surface area contributed by atoms with Crippen molar-refractivity contribution in [1.82, 2.24) is 15.2 Å². The minimum atomic E-state index is -0.758. The number of aromatic nitrogens is 1. The molecule has 0 bridgehead atoms. The molecule has 1 spiro atoms. The molecule has 21 heavy (non-hydrogen) atoms. The van der Waals surface area contributed by atoms with Crippen LogP contribution in [-0.4, -0.2) is 34.4 Å². The number of hydrogen-bond acceptors (Lipinski definition) is 3. The number of imide groups is 1. The highest BCUT2D eigenvalue weighted by Gasteiger charge is 2.54. The topological polar surface area (TPSA) is 62.3 Å². The summed E-state index contributed by atoms with van der Waals surface area (Å²) in [5, 5.41) is 3.50. The van der Waals surface area contributed by atoms with Gasteiger partial charge in [0, 0.05) is 31.5 Å². The smallest absolute Gasteiger partial charge is 0.312 e. The third-order valence-corrected chi connectivity index (χ3v) is 4.69. The Morgan fingerprint density at radius 2 is 1.90 bits per heavy atom. The molecule has 5 nitrogen and oxygen atoms in total. The number of carbonyl (C=O) groups is 2. The van der Waals surface area contributed by atoms with Crippen molar-refractivity contribution in [2.75, 3.05) is 7.05 Å². The van der Waals surface area contributed by atoms with Gasteiger partial charge in [-0.3, -0.25) is 15.1 Å². The molecule has 3 amide bonds. The van der Waals surface area contributed by atoms with E-state index in [9.17, 15) is 9.59 Å². The number of fused-ring (bicyclic) bond motifs is 2. The van der Waals surface area contributed by atoms with Crippen molar-refractivity contribution in [3.63, 3.8) is 0 Å². The molecular weight excluding hydrogens is 266 g/mol. The fourth-order valence-corrected chi connectivity index (χ4v) is 3.44. The Labute approximate surface area is 122 Å². The van der Waals surface area contributed by atoms with Crippen molar-refractivity contribution in [3.8, 4) is 0 Å². The first kappa shape index (κ1) is 12.3. The third kappa shape index (κ3) is 1.54. The van der Waals surface area contributed by atoms with Gasteiger partial charge in [0.2, 0.25) is 0 Å². The van der Waals surface area contributed by atoms with Crippen molar-refractivity contribution >= 4 is 22.8 Å². The summed E-state index contributed by atoms with van der Waals surface area (Å²) in [5.41, 5.74) is 3.53. The van der Waals surface area contributed by atoms with E-state index in [1.54, 1.807) is 11.9 Å². The number of likely N-dealkylation sites (N-methyl/N-ethyl adjacent to an activating group) is 1. The number of rotatable bonds is 0. The van der Waals surface area contributed by atoms with Crippen LogP contribution >= 0.6 is 0 Å². The number of nitrogens with one attached hydrogen (secondary N) is 1. The van der Waals surface area contributed by atoms with Gasteiger partial charge in [0.25, 0.3) is 5.91 Å². The normalized spacial score (nSPS) is 24.0. The van der Waals surface area contributed by atoms with Crippen LogP contribution in [-0.2, 0) is 17.6 Å². The number of carbonyl (C=O) groups excluding carboxylic acids is 2. The molecule has 0 saturated carbocycles. The molecule has 1 aromatic heterocycles. The minimum absolute atomic E-state index is 0.195. The van der Waals surface area contributed by atoms with Crippen LogP contribution in [0.4, 0.5) is 4.79 Å². The van der Waals surface area contributed by atoms with Gasteiger partial charge in [-0.1, -0.05) is 0 Å². The molecule has 1 atom stereocenters. The molecule has 1 fully saturated rings. The minimum Gasteiger partial charge on any atom is -0.312 e. The number of aryl methyl sites for hydroxylation is 1. The highest BCUT2D eigenvalue weighted by molar-refractivity contribution is 6.07. The van der Waals surface area contributed by atoms with E-state index in [0.29, 0.717) is 12.8 Å². The van der Waals surface area contributed by atoms with Gasteiger partial charge in [0.1, 0.15) is 5.54 Å². The second-order valence-corrected chi connectivity index (χ2v) is 6.03. The van der Waals surface area contributed by atoms with Gasteiger partial charge >= 0.3 is 6.03 Å². The maximum absolute atomic E-state index is 12.2. The quantitative estimate of drug-likeness (QED) is 0.745. The number of benzene rings is 1. The second-order valence-electron chi connectivity index (χ2n) is 6.03. The molecule has 0 unspecified atom stereocenters. The van der Waals surface area contributed by atoms with Gasteiger partial charge in [0.05, 0.1) is 5.52 Å². The van der Waals surface area contributed by atoms with Crippen molar-refractivity contribution in [3.05, 3.63) is 41.1 Å². The van der Waals surface area contributed by atoms with Crippen molar-refractivity contribution < 1.29 is 9.59 Å².